The van der Waals surface area contributed by atoms with E-state index < -0.39 is 6.04 Å². The van der Waals surface area contributed by atoms with Gasteiger partial charge in [-0.05, 0) is 61.4 Å². The summed E-state index contributed by atoms with van der Waals surface area (Å²) in [5.41, 5.74) is 8.93. The first-order valence-corrected chi connectivity index (χ1v) is 9.69. The van der Waals surface area contributed by atoms with Crippen LogP contribution in [0, 0.1) is 5.41 Å². The van der Waals surface area contributed by atoms with Gasteiger partial charge in [0.25, 0.3) is 5.91 Å². The summed E-state index contributed by atoms with van der Waals surface area (Å²) < 4.78 is 0. The van der Waals surface area contributed by atoms with E-state index in [4.69, 9.17) is 5.73 Å². The van der Waals surface area contributed by atoms with Crippen LogP contribution in [-0.4, -0.2) is 41.8 Å². The fourth-order valence-corrected chi connectivity index (χ4v) is 4.06. The van der Waals surface area contributed by atoms with Crippen molar-refractivity contribution in [3.05, 3.63) is 34.9 Å². The van der Waals surface area contributed by atoms with Gasteiger partial charge in [-0.2, -0.15) is 0 Å². The number of amides is 3. The zero-order chi connectivity index (χ0) is 19.0. The Balaban J connectivity index is 1.36. The average molecular weight is 370 g/mol. The Morgan fingerprint density at radius 2 is 2.07 bits per heavy atom. The zero-order valence-corrected chi connectivity index (χ0v) is 15.4. The molecule has 2 heterocycles. The molecule has 3 aliphatic rings. The summed E-state index contributed by atoms with van der Waals surface area (Å²) in [4.78, 5) is 37.7. The highest BCUT2D eigenvalue weighted by atomic mass is 16.2. The van der Waals surface area contributed by atoms with E-state index in [9.17, 15) is 14.4 Å². The van der Waals surface area contributed by atoms with E-state index in [1.54, 1.807) is 4.90 Å². The van der Waals surface area contributed by atoms with E-state index in [-0.39, 0.29) is 24.1 Å². The number of nitrogens with one attached hydrogen (secondary N) is 2. The predicted octanol–water partition coefficient (Wildman–Crippen LogP) is 0.666. The van der Waals surface area contributed by atoms with Crippen LogP contribution in [-0.2, 0) is 22.7 Å². The monoisotopic (exact) mass is 370 g/mol. The van der Waals surface area contributed by atoms with Crippen molar-refractivity contribution in [1.29, 1.82) is 0 Å². The molecule has 3 amide bonds. The first-order chi connectivity index (χ1) is 13.0. The molecule has 0 radical (unpaired) electrons. The number of nitrogens with two attached hydrogens (primary N) is 1. The standard InChI is InChI=1S/C20H26N4O3/c21-12-20(5-6-20)7-8-22-10-13-1-2-15-14(9-13)11-24(19(15)27)16-3-4-17(25)23-18(16)26/h1-2,9,16,22H,3-8,10-12,21H2,(H,23,25,26). The quantitative estimate of drug-likeness (QED) is 0.483. The molecule has 27 heavy (non-hydrogen) atoms. The molecular formula is C20H26N4O3. The minimum atomic E-state index is -0.560. The third kappa shape index (κ3) is 3.61. The van der Waals surface area contributed by atoms with Crippen molar-refractivity contribution in [2.75, 3.05) is 13.1 Å². The van der Waals surface area contributed by atoms with E-state index in [1.165, 1.54) is 12.8 Å². The molecule has 4 N–H and O–H groups in total. The largest absolute Gasteiger partial charge is 0.330 e. The first kappa shape index (κ1) is 18.1. The molecule has 2 aliphatic heterocycles. The zero-order valence-electron chi connectivity index (χ0n) is 15.4. The number of carbonyl (C=O) groups excluding carboxylic acids is 3. The molecule has 1 saturated carbocycles. The normalized spacial score (nSPS) is 23.4. The smallest absolute Gasteiger partial charge is 0.255 e. The number of rotatable bonds is 7. The molecule has 1 unspecified atom stereocenters. The SMILES string of the molecule is NCC1(CCNCc2ccc3c(c2)CN(C2CCC(=O)NC2=O)C3=O)CC1. The molecule has 144 valence electrons. The number of hydrogen-bond donors (Lipinski definition) is 3. The highest BCUT2D eigenvalue weighted by molar-refractivity contribution is 6.05. The Kier molecular flexibility index (Phi) is 4.74. The molecule has 1 atom stereocenters. The fourth-order valence-electron chi connectivity index (χ4n) is 4.06. The van der Waals surface area contributed by atoms with Gasteiger partial charge in [-0.3, -0.25) is 19.7 Å². The number of imide groups is 1. The van der Waals surface area contributed by atoms with Gasteiger partial charge in [0.05, 0.1) is 0 Å². The van der Waals surface area contributed by atoms with Crippen molar-refractivity contribution in [1.82, 2.24) is 15.5 Å². The van der Waals surface area contributed by atoms with Crippen LogP contribution >= 0.6 is 0 Å². The first-order valence-electron chi connectivity index (χ1n) is 9.69. The Bertz CT molecular complexity index is 787. The topological polar surface area (TPSA) is 105 Å². The minimum Gasteiger partial charge on any atom is -0.330 e. The number of benzene rings is 1. The third-order valence-corrected chi connectivity index (χ3v) is 6.14. The van der Waals surface area contributed by atoms with E-state index in [0.29, 0.717) is 23.9 Å². The number of hydrogen-bond acceptors (Lipinski definition) is 5. The molecule has 4 rings (SSSR count). The molecule has 0 spiro atoms. The molecule has 7 heteroatoms. The van der Waals surface area contributed by atoms with Gasteiger partial charge < -0.3 is 16.0 Å². The van der Waals surface area contributed by atoms with Gasteiger partial charge in [-0.1, -0.05) is 12.1 Å². The maximum atomic E-state index is 12.7. The van der Waals surface area contributed by atoms with E-state index in [2.05, 4.69) is 10.6 Å². The van der Waals surface area contributed by atoms with Crippen LogP contribution in [0.5, 0.6) is 0 Å². The summed E-state index contributed by atoms with van der Waals surface area (Å²) in [5, 5.41) is 5.80. The van der Waals surface area contributed by atoms with E-state index in [0.717, 1.165) is 37.2 Å². The molecule has 2 fully saturated rings. The van der Waals surface area contributed by atoms with Gasteiger partial charge in [0.15, 0.2) is 0 Å². The summed E-state index contributed by atoms with van der Waals surface area (Å²) in [7, 11) is 0. The van der Waals surface area contributed by atoms with Crippen LogP contribution in [0.1, 0.15) is 53.6 Å². The Morgan fingerprint density at radius 1 is 1.26 bits per heavy atom. The van der Waals surface area contributed by atoms with Crippen LogP contribution < -0.4 is 16.4 Å². The molecule has 0 bridgehead atoms. The van der Waals surface area contributed by atoms with Crippen LogP contribution in [0.15, 0.2) is 18.2 Å². The van der Waals surface area contributed by atoms with Crippen molar-refractivity contribution in [3.8, 4) is 0 Å². The average Bonchev–Trinajstić information content (AvgIpc) is 3.37. The van der Waals surface area contributed by atoms with Crippen LogP contribution in [0.3, 0.4) is 0 Å². The second kappa shape index (κ2) is 7.05. The highest BCUT2D eigenvalue weighted by Crippen LogP contribution is 2.47. The van der Waals surface area contributed by atoms with E-state index >= 15 is 0 Å². The van der Waals surface area contributed by atoms with Crippen molar-refractivity contribution < 1.29 is 14.4 Å². The van der Waals surface area contributed by atoms with Crippen LogP contribution in [0.4, 0.5) is 0 Å². The maximum Gasteiger partial charge on any atom is 0.255 e. The Hall–Kier alpha value is -2.25. The minimum absolute atomic E-state index is 0.127. The van der Waals surface area contributed by atoms with Gasteiger partial charge in [0.2, 0.25) is 11.8 Å². The van der Waals surface area contributed by atoms with Crippen LogP contribution in [0.2, 0.25) is 0 Å². The lowest BCUT2D eigenvalue weighted by atomic mass is 10.0. The highest BCUT2D eigenvalue weighted by Gasteiger charge is 2.40. The van der Waals surface area contributed by atoms with Crippen molar-refractivity contribution in [2.45, 2.75) is 51.2 Å². The van der Waals surface area contributed by atoms with Gasteiger partial charge in [-0.25, -0.2) is 0 Å². The summed E-state index contributed by atoms with van der Waals surface area (Å²) in [6.45, 7) is 2.88. The van der Waals surface area contributed by atoms with Gasteiger partial charge in [0, 0.05) is 25.1 Å². The summed E-state index contributed by atoms with van der Waals surface area (Å²) in [5.74, 6) is -0.766. The molecule has 1 aromatic carbocycles. The number of nitrogens with zero attached hydrogens (tertiary/aromatic N) is 1. The summed E-state index contributed by atoms with van der Waals surface area (Å²) >= 11 is 0. The van der Waals surface area contributed by atoms with Crippen molar-refractivity contribution in [2.24, 2.45) is 11.1 Å². The van der Waals surface area contributed by atoms with E-state index in [1.807, 2.05) is 18.2 Å². The lowest BCUT2D eigenvalue weighted by Gasteiger charge is -2.29. The molecule has 0 aromatic heterocycles. The number of carbonyl (C=O) groups is 3. The maximum absolute atomic E-state index is 12.7. The second-order valence-electron chi connectivity index (χ2n) is 8.02. The molecule has 1 aromatic rings. The lowest BCUT2D eigenvalue weighted by Crippen LogP contribution is -2.52. The Labute approximate surface area is 158 Å². The third-order valence-electron chi connectivity index (χ3n) is 6.14. The second-order valence-corrected chi connectivity index (χ2v) is 8.02. The predicted molar refractivity (Wildman–Crippen MR) is 99.5 cm³/mol. The van der Waals surface area contributed by atoms with Gasteiger partial charge >= 0.3 is 0 Å². The fraction of sp³-hybridized carbons (Fsp3) is 0.550. The molecule has 1 saturated heterocycles. The Morgan fingerprint density at radius 3 is 2.78 bits per heavy atom. The van der Waals surface area contributed by atoms with Crippen molar-refractivity contribution in [3.63, 3.8) is 0 Å². The van der Waals surface area contributed by atoms with Crippen molar-refractivity contribution >= 4 is 17.7 Å². The molecular weight excluding hydrogens is 344 g/mol. The lowest BCUT2D eigenvalue weighted by molar-refractivity contribution is -0.136. The van der Waals surface area contributed by atoms with Crippen LogP contribution in [0.25, 0.3) is 0 Å². The van der Waals surface area contributed by atoms with Gasteiger partial charge in [0.1, 0.15) is 6.04 Å². The number of piperidine rings is 1. The summed E-state index contributed by atoms with van der Waals surface area (Å²) in [6.07, 6.45) is 4.25. The summed E-state index contributed by atoms with van der Waals surface area (Å²) in [6, 6.07) is 5.30. The van der Waals surface area contributed by atoms with Gasteiger partial charge in [-0.15, -0.1) is 0 Å². The molecule has 1 aliphatic carbocycles. The number of fused-ring (bicyclic) bond motifs is 1. The molecule has 7 nitrogen and oxygen atoms in total.